The molecule has 0 bridgehead atoms. The van der Waals surface area contributed by atoms with Gasteiger partial charge in [0, 0.05) is 23.9 Å². The van der Waals surface area contributed by atoms with Crippen LogP contribution >= 0.6 is 0 Å². The van der Waals surface area contributed by atoms with Crippen LogP contribution in [0.4, 0.5) is 0 Å². The van der Waals surface area contributed by atoms with Crippen molar-refractivity contribution in [3.05, 3.63) is 42.2 Å². The first-order chi connectivity index (χ1) is 7.83. The van der Waals surface area contributed by atoms with Crippen LogP contribution in [-0.4, -0.2) is 22.6 Å². The van der Waals surface area contributed by atoms with Crippen LogP contribution in [0.15, 0.2) is 36.7 Å². The molecular formula is C12H13N3O. The van der Waals surface area contributed by atoms with Gasteiger partial charge in [0.25, 0.3) is 0 Å². The molecule has 0 amide bonds. The average Bonchev–Trinajstić information content (AvgIpc) is 2.78. The molecule has 0 saturated carbocycles. The van der Waals surface area contributed by atoms with Gasteiger partial charge in [0.05, 0.1) is 12.7 Å². The lowest BCUT2D eigenvalue weighted by Crippen LogP contribution is -2.09. The summed E-state index contributed by atoms with van der Waals surface area (Å²) in [6.07, 6.45) is 4.55. The van der Waals surface area contributed by atoms with Crippen LogP contribution in [0.2, 0.25) is 0 Å². The van der Waals surface area contributed by atoms with E-state index in [0.717, 1.165) is 17.4 Å². The van der Waals surface area contributed by atoms with E-state index in [1.165, 1.54) is 0 Å². The fourth-order valence-corrected chi connectivity index (χ4v) is 1.56. The summed E-state index contributed by atoms with van der Waals surface area (Å²) < 4.78 is 1.79. The van der Waals surface area contributed by atoms with Crippen molar-refractivity contribution in [2.24, 2.45) is 5.73 Å². The van der Waals surface area contributed by atoms with Crippen LogP contribution in [0, 0.1) is 0 Å². The standard InChI is InChI=1S/C12H13N3O/c13-4-5-15-8-12(7-14-15)11-3-1-2-10(6-11)9-16/h1-3,6-9H,4-5,13H2. The number of nitrogens with two attached hydrogens (primary N) is 1. The molecule has 82 valence electrons. The zero-order chi connectivity index (χ0) is 11.4. The second kappa shape index (κ2) is 4.72. The summed E-state index contributed by atoms with van der Waals surface area (Å²) in [5.74, 6) is 0. The average molecular weight is 215 g/mol. The molecule has 0 aliphatic heterocycles. The second-order valence-corrected chi connectivity index (χ2v) is 3.52. The number of benzene rings is 1. The molecule has 1 aromatic heterocycles. The monoisotopic (exact) mass is 215 g/mol. The van der Waals surface area contributed by atoms with E-state index in [1.807, 2.05) is 24.4 Å². The first-order valence-corrected chi connectivity index (χ1v) is 5.11. The molecule has 0 aliphatic rings. The van der Waals surface area contributed by atoms with Crippen molar-refractivity contribution in [2.75, 3.05) is 6.54 Å². The summed E-state index contributed by atoms with van der Waals surface area (Å²) in [4.78, 5) is 10.7. The smallest absolute Gasteiger partial charge is 0.150 e. The van der Waals surface area contributed by atoms with E-state index in [-0.39, 0.29) is 0 Å². The quantitative estimate of drug-likeness (QED) is 0.782. The van der Waals surface area contributed by atoms with Gasteiger partial charge in [-0.15, -0.1) is 0 Å². The molecule has 16 heavy (non-hydrogen) atoms. The van der Waals surface area contributed by atoms with Gasteiger partial charge in [-0.3, -0.25) is 9.48 Å². The molecule has 0 radical (unpaired) electrons. The lowest BCUT2D eigenvalue weighted by molar-refractivity contribution is 0.112. The predicted octanol–water partition coefficient (Wildman–Crippen LogP) is 1.32. The minimum atomic E-state index is 0.565. The van der Waals surface area contributed by atoms with Gasteiger partial charge in [-0.25, -0.2) is 0 Å². The van der Waals surface area contributed by atoms with Crippen molar-refractivity contribution in [3.63, 3.8) is 0 Å². The van der Waals surface area contributed by atoms with Gasteiger partial charge in [-0.05, 0) is 11.6 Å². The van der Waals surface area contributed by atoms with Crippen molar-refractivity contribution in [2.45, 2.75) is 6.54 Å². The zero-order valence-electron chi connectivity index (χ0n) is 8.84. The van der Waals surface area contributed by atoms with E-state index in [0.29, 0.717) is 18.7 Å². The molecule has 0 atom stereocenters. The summed E-state index contributed by atoms with van der Waals surface area (Å²) in [6.45, 7) is 1.27. The van der Waals surface area contributed by atoms with Gasteiger partial charge in [0.15, 0.2) is 0 Å². The lowest BCUT2D eigenvalue weighted by Gasteiger charge is -1.98. The van der Waals surface area contributed by atoms with E-state index in [9.17, 15) is 4.79 Å². The molecule has 0 spiro atoms. The van der Waals surface area contributed by atoms with Crippen LogP contribution < -0.4 is 5.73 Å². The minimum Gasteiger partial charge on any atom is -0.329 e. The largest absolute Gasteiger partial charge is 0.329 e. The van der Waals surface area contributed by atoms with Gasteiger partial charge in [0.2, 0.25) is 0 Å². The van der Waals surface area contributed by atoms with E-state index >= 15 is 0 Å². The molecule has 0 unspecified atom stereocenters. The Kier molecular flexibility index (Phi) is 3.12. The SMILES string of the molecule is NCCn1cc(-c2cccc(C=O)c2)cn1. The normalized spacial score (nSPS) is 10.3. The summed E-state index contributed by atoms with van der Waals surface area (Å²) in [5.41, 5.74) is 8.11. The van der Waals surface area contributed by atoms with Crippen LogP contribution in [0.5, 0.6) is 0 Å². The number of nitrogens with zero attached hydrogens (tertiary/aromatic N) is 2. The van der Waals surface area contributed by atoms with Crippen LogP contribution in [0.25, 0.3) is 11.1 Å². The van der Waals surface area contributed by atoms with Crippen LogP contribution in [-0.2, 0) is 6.54 Å². The Hall–Kier alpha value is -1.94. The lowest BCUT2D eigenvalue weighted by atomic mass is 10.1. The Bertz CT molecular complexity index is 491. The van der Waals surface area contributed by atoms with Crippen LogP contribution in [0.1, 0.15) is 10.4 Å². The number of carbonyl (C=O) groups excluding carboxylic acids is 1. The molecule has 2 N–H and O–H groups in total. The van der Waals surface area contributed by atoms with Gasteiger partial charge in [-0.1, -0.05) is 18.2 Å². The maximum absolute atomic E-state index is 10.7. The number of hydrogen-bond acceptors (Lipinski definition) is 3. The molecule has 0 fully saturated rings. The highest BCUT2D eigenvalue weighted by atomic mass is 16.1. The van der Waals surface area contributed by atoms with E-state index in [2.05, 4.69) is 5.10 Å². The van der Waals surface area contributed by atoms with Crippen molar-refractivity contribution in [3.8, 4) is 11.1 Å². The maximum atomic E-state index is 10.7. The molecular weight excluding hydrogens is 202 g/mol. The summed E-state index contributed by atoms with van der Waals surface area (Å²) in [5, 5.41) is 4.19. The number of hydrogen-bond donors (Lipinski definition) is 1. The summed E-state index contributed by atoms with van der Waals surface area (Å²) >= 11 is 0. The van der Waals surface area contributed by atoms with Gasteiger partial charge in [-0.2, -0.15) is 5.10 Å². The number of aromatic nitrogens is 2. The van der Waals surface area contributed by atoms with Crippen LogP contribution in [0.3, 0.4) is 0 Å². The third-order valence-corrected chi connectivity index (χ3v) is 2.35. The van der Waals surface area contributed by atoms with Gasteiger partial charge < -0.3 is 5.73 Å². The fraction of sp³-hybridized carbons (Fsp3) is 0.167. The number of carbonyl (C=O) groups is 1. The third kappa shape index (κ3) is 2.17. The van der Waals surface area contributed by atoms with Crippen molar-refractivity contribution in [1.82, 2.24) is 9.78 Å². The fourth-order valence-electron chi connectivity index (χ4n) is 1.56. The highest BCUT2D eigenvalue weighted by Gasteiger charge is 2.02. The Labute approximate surface area is 93.7 Å². The second-order valence-electron chi connectivity index (χ2n) is 3.52. The van der Waals surface area contributed by atoms with Gasteiger partial charge >= 0.3 is 0 Å². The molecule has 2 aromatic rings. The number of aldehydes is 1. The molecule has 0 saturated heterocycles. The first-order valence-electron chi connectivity index (χ1n) is 5.11. The molecule has 4 heteroatoms. The molecule has 2 rings (SSSR count). The van der Waals surface area contributed by atoms with E-state index in [1.54, 1.807) is 16.9 Å². The van der Waals surface area contributed by atoms with Crippen molar-refractivity contribution < 1.29 is 4.79 Å². The molecule has 1 aromatic carbocycles. The van der Waals surface area contributed by atoms with E-state index < -0.39 is 0 Å². The Balaban J connectivity index is 2.30. The third-order valence-electron chi connectivity index (χ3n) is 2.35. The topological polar surface area (TPSA) is 60.9 Å². The first kappa shape index (κ1) is 10.6. The van der Waals surface area contributed by atoms with E-state index in [4.69, 9.17) is 5.73 Å². The van der Waals surface area contributed by atoms with Crippen molar-refractivity contribution >= 4 is 6.29 Å². The predicted molar refractivity (Wildman–Crippen MR) is 62.1 cm³/mol. The summed E-state index contributed by atoms with van der Waals surface area (Å²) in [7, 11) is 0. The Morgan fingerprint density at radius 1 is 1.38 bits per heavy atom. The number of rotatable bonds is 4. The minimum absolute atomic E-state index is 0.565. The summed E-state index contributed by atoms with van der Waals surface area (Å²) in [6, 6.07) is 7.44. The molecule has 1 heterocycles. The van der Waals surface area contributed by atoms with Gasteiger partial charge in [0.1, 0.15) is 6.29 Å². The van der Waals surface area contributed by atoms with Crippen molar-refractivity contribution in [1.29, 1.82) is 0 Å². The highest BCUT2D eigenvalue weighted by Crippen LogP contribution is 2.18. The molecule has 4 nitrogen and oxygen atoms in total. The maximum Gasteiger partial charge on any atom is 0.150 e. The Morgan fingerprint density at radius 2 is 2.25 bits per heavy atom. The zero-order valence-corrected chi connectivity index (χ0v) is 8.84. The Morgan fingerprint density at radius 3 is 3.00 bits per heavy atom. The highest BCUT2D eigenvalue weighted by molar-refractivity contribution is 5.78. The molecule has 0 aliphatic carbocycles.